The minimum absolute atomic E-state index is 0.157. The average molecular weight is 194 g/mol. The Morgan fingerprint density at radius 1 is 1.79 bits per heavy atom. The Bertz CT molecular complexity index is 261. The third kappa shape index (κ3) is 3.11. The van der Waals surface area contributed by atoms with Gasteiger partial charge in [-0.25, -0.2) is 0 Å². The van der Waals surface area contributed by atoms with Crippen molar-refractivity contribution in [2.24, 2.45) is 0 Å². The highest BCUT2D eigenvalue weighted by Gasteiger charge is 2.27. The second kappa shape index (κ2) is 4.56. The highest BCUT2D eigenvalue weighted by atomic mass is 16.3. The van der Waals surface area contributed by atoms with E-state index in [4.69, 9.17) is 0 Å². The first kappa shape index (κ1) is 11.2. The van der Waals surface area contributed by atoms with E-state index < -0.39 is 5.60 Å². The number of aliphatic hydroxyl groups is 1. The monoisotopic (exact) mass is 194 g/mol. The first-order valence-electron chi connectivity index (χ1n) is 5.11. The normalized spacial score (nSPS) is 26.9. The van der Waals surface area contributed by atoms with Gasteiger partial charge in [0.2, 0.25) is 0 Å². The molecule has 78 valence electrons. The Balaban J connectivity index is 2.55. The van der Waals surface area contributed by atoms with Gasteiger partial charge in [0.15, 0.2) is 5.78 Å². The van der Waals surface area contributed by atoms with Crippen LogP contribution < -0.4 is 0 Å². The van der Waals surface area contributed by atoms with Crippen molar-refractivity contribution in [2.75, 3.05) is 0 Å². The van der Waals surface area contributed by atoms with Crippen molar-refractivity contribution < 1.29 is 9.90 Å². The fourth-order valence-electron chi connectivity index (χ4n) is 1.73. The lowest BCUT2D eigenvalue weighted by Gasteiger charge is -2.27. The van der Waals surface area contributed by atoms with Crippen molar-refractivity contribution in [2.45, 2.75) is 44.6 Å². The molecule has 0 radical (unpaired) electrons. The Morgan fingerprint density at radius 3 is 3.07 bits per heavy atom. The van der Waals surface area contributed by atoms with E-state index in [1.807, 2.05) is 6.08 Å². The van der Waals surface area contributed by atoms with Crippen LogP contribution in [0.5, 0.6) is 0 Å². The van der Waals surface area contributed by atoms with Gasteiger partial charge in [0, 0.05) is 12.8 Å². The van der Waals surface area contributed by atoms with Crippen molar-refractivity contribution >= 4 is 5.78 Å². The van der Waals surface area contributed by atoms with E-state index in [-0.39, 0.29) is 5.78 Å². The summed E-state index contributed by atoms with van der Waals surface area (Å²) < 4.78 is 0. The van der Waals surface area contributed by atoms with Gasteiger partial charge in [0.05, 0.1) is 5.60 Å². The molecule has 0 heterocycles. The minimum atomic E-state index is -0.687. The molecule has 1 rings (SSSR count). The van der Waals surface area contributed by atoms with E-state index in [1.54, 1.807) is 13.0 Å². The summed E-state index contributed by atoms with van der Waals surface area (Å²) in [6.07, 6.45) is 7.02. The second-order valence-corrected chi connectivity index (χ2v) is 4.19. The topological polar surface area (TPSA) is 37.3 Å². The predicted molar refractivity (Wildman–Crippen MR) is 57.0 cm³/mol. The summed E-state index contributed by atoms with van der Waals surface area (Å²) in [5.74, 6) is 0.157. The van der Waals surface area contributed by atoms with E-state index in [2.05, 4.69) is 6.58 Å². The Kier molecular flexibility index (Phi) is 3.64. The number of carbonyl (C=O) groups is 1. The Labute approximate surface area is 85.3 Å². The maximum Gasteiger partial charge on any atom is 0.158 e. The molecule has 14 heavy (non-hydrogen) atoms. The van der Waals surface area contributed by atoms with Gasteiger partial charge in [-0.2, -0.15) is 0 Å². The number of ketones is 1. The van der Waals surface area contributed by atoms with Gasteiger partial charge < -0.3 is 5.11 Å². The summed E-state index contributed by atoms with van der Waals surface area (Å²) in [5.41, 5.74) is 0.108. The lowest BCUT2D eigenvalue weighted by molar-refractivity contribution is -0.116. The van der Waals surface area contributed by atoms with Crippen LogP contribution in [0.4, 0.5) is 0 Å². The van der Waals surface area contributed by atoms with Crippen LogP contribution in [-0.2, 0) is 4.79 Å². The van der Waals surface area contributed by atoms with Gasteiger partial charge in [0.1, 0.15) is 0 Å². The van der Waals surface area contributed by atoms with Crippen LogP contribution in [0.2, 0.25) is 0 Å². The lowest BCUT2D eigenvalue weighted by Crippen LogP contribution is -2.29. The smallest absolute Gasteiger partial charge is 0.158 e. The molecule has 1 aliphatic rings. The molecule has 2 heteroatoms. The first-order chi connectivity index (χ1) is 6.55. The van der Waals surface area contributed by atoms with Crippen LogP contribution in [0, 0.1) is 0 Å². The third-order valence-corrected chi connectivity index (χ3v) is 2.58. The van der Waals surface area contributed by atoms with Gasteiger partial charge >= 0.3 is 0 Å². The zero-order valence-corrected chi connectivity index (χ0v) is 8.75. The molecule has 0 saturated carbocycles. The first-order valence-corrected chi connectivity index (χ1v) is 5.11. The number of Topliss-reactive ketones (excluding diaryl/α,β-unsaturated/α-hetero) is 1. The quantitative estimate of drug-likeness (QED) is 0.698. The largest absolute Gasteiger partial charge is 0.390 e. The molecule has 0 aliphatic heterocycles. The summed E-state index contributed by atoms with van der Waals surface area (Å²) in [6.45, 7) is 5.38. The van der Waals surface area contributed by atoms with E-state index in [9.17, 15) is 9.90 Å². The highest BCUT2D eigenvalue weighted by Crippen LogP contribution is 2.28. The van der Waals surface area contributed by atoms with Gasteiger partial charge in [-0.3, -0.25) is 4.79 Å². The number of allylic oxidation sites excluding steroid dienone is 2. The fourth-order valence-corrected chi connectivity index (χ4v) is 1.73. The van der Waals surface area contributed by atoms with Crippen molar-refractivity contribution in [3.05, 3.63) is 24.3 Å². The molecule has 1 N–H and O–H groups in total. The molecule has 1 aliphatic carbocycles. The van der Waals surface area contributed by atoms with Crippen LogP contribution in [0.15, 0.2) is 24.3 Å². The summed E-state index contributed by atoms with van der Waals surface area (Å²) >= 11 is 0. The van der Waals surface area contributed by atoms with Crippen molar-refractivity contribution in [3.63, 3.8) is 0 Å². The van der Waals surface area contributed by atoms with Crippen LogP contribution in [0.3, 0.4) is 0 Å². The van der Waals surface area contributed by atoms with Crippen molar-refractivity contribution in [1.29, 1.82) is 0 Å². The molecule has 1 unspecified atom stereocenters. The van der Waals surface area contributed by atoms with Crippen LogP contribution in [-0.4, -0.2) is 16.5 Å². The Hall–Kier alpha value is -0.890. The number of rotatable bonds is 4. The molecular formula is C12H18O2. The molecule has 0 aromatic carbocycles. The molecule has 0 aromatic heterocycles. The highest BCUT2D eigenvalue weighted by molar-refractivity contribution is 5.95. The van der Waals surface area contributed by atoms with E-state index in [1.165, 1.54) is 0 Å². The van der Waals surface area contributed by atoms with Gasteiger partial charge in [-0.15, -0.1) is 6.58 Å². The standard InChI is InChI=1S/C12H18O2/c1-3-4-7-11(13)10-6-5-8-12(2,14)9-10/h3,6,14H,1,4-5,7-9H2,2H3. The maximum atomic E-state index is 11.6. The number of carbonyl (C=O) groups excluding carboxylic acids is 1. The lowest BCUT2D eigenvalue weighted by atomic mass is 9.84. The molecule has 0 spiro atoms. The molecule has 0 amide bonds. The number of hydrogen-bond donors (Lipinski definition) is 1. The Morgan fingerprint density at radius 2 is 2.50 bits per heavy atom. The van der Waals surface area contributed by atoms with Gasteiger partial charge in [-0.1, -0.05) is 12.2 Å². The molecule has 2 nitrogen and oxygen atoms in total. The fraction of sp³-hybridized carbons (Fsp3) is 0.583. The van der Waals surface area contributed by atoms with Gasteiger partial charge in [-0.05, 0) is 31.8 Å². The van der Waals surface area contributed by atoms with E-state index >= 15 is 0 Å². The SMILES string of the molecule is C=CCCC(=O)C1=CCCC(C)(O)C1. The molecular weight excluding hydrogens is 176 g/mol. The maximum absolute atomic E-state index is 11.6. The summed E-state index contributed by atoms with van der Waals surface area (Å²) in [5, 5.41) is 9.81. The molecule has 1 atom stereocenters. The van der Waals surface area contributed by atoms with Crippen LogP contribution >= 0.6 is 0 Å². The average Bonchev–Trinajstić information content (AvgIpc) is 2.12. The zero-order chi connectivity index (χ0) is 10.6. The minimum Gasteiger partial charge on any atom is -0.390 e. The van der Waals surface area contributed by atoms with E-state index in [0.717, 1.165) is 24.8 Å². The van der Waals surface area contributed by atoms with Crippen LogP contribution in [0.1, 0.15) is 39.0 Å². The molecule has 0 aromatic rings. The number of hydrogen-bond acceptors (Lipinski definition) is 2. The van der Waals surface area contributed by atoms with Gasteiger partial charge in [0.25, 0.3) is 0 Å². The van der Waals surface area contributed by atoms with Crippen molar-refractivity contribution in [1.82, 2.24) is 0 Å². The zero-order valence-electron chi connectivity index (χ0n) is 8.75. The summed E-state index contributed by atoms with van der Waals surface area (Å²) in [4.78, 5) is 11.6. The van der Waals surface area contributed by atoms with E-state index in [0.29, 0.717) is 12.8 Å². The summed E-state index contributed by atoms with van der Waals surface area (Å²) in [6, 6.07) is 0. The second-order valence-electron chi connectivity index (χ2n) is 4.19. The molecule has 0 fully saturated rings. The molecule has 0 bridgehead atoms. The predicted octanol–water partition coefficient (Wildman–Crippen LogP) is 2.38. The van der Waals surface area contributed by atoms with Crippen LogP contribution in [0.25, 0.3) is 0 Å². The third-order valence-electron chi connectivity index (χ3n) is 2.58. The van der Waals surface area contributed by atoms with Crippen molar-refractivity contribution in [3.8, 4) is 0 Å². The molecule has 0 saturated heterocycles. The summed E-state index contributed by atoms with van der Waals surface area (Å²) in [7, 11) is 0.